The van der Waals surface area contributed by atoms with Crippen molar-refractivity contribution < 1.29 is 27.2 Å². The van der Waals surface area contributed by atoms with E-state index in [1.807, 2.05) is 67.6 Å². The molecule has 226 valence electrons. The molecule has 10 heteroatoms. The third-order valence-corrected chi connectivity index (χ3v) is 9.58. The maximum Gasteiger partial charge on any atom is 0.407 e. The summed E-state index contributed by atoms with van der Waals surface area (Å²) in [6, 6.07) is 27.1. The van der Waals surface area contributed by atoms with Crippen molar-refractivity contribution >= 4 is 27.6 Å². The topological polar surface area (TPSA) is 119 Å². The second-order valence-corrected chi connectivity index (χ2v) is 12.4. The molecule has 0 saturated heterocycles. The minimum atomic E-state index is -4.27. The van der Waals surface area contributed by atoms with Crippen molar-refractivity contribution in [2.24, 2.45) is 11.8 Å². The highest BCUT2D eigenvalue weighted by Gasteiger charge is 2.45. The van der Waals surface area contributed by atoms with E-state index in [0.717, 1.165) is 5.56 Å². The van der Waals surface area contributed by atoms with E-state index >= 15 is 0 Å². The number of nitrogens with one attached hydrogen (secondary N) is 1. The number of carbonyl (C=O) groups is 2. The van der Waals surface area contributed by atoms with Gasteiger partial charge in [0.2, 0.25) is 15.8 Å². The molecule has 0 saturated carbocycles. The van der Waals surface area contributed by atoms with Gasteiger partial charge >= 0.3 is 6.09 Å². The number of hydrogen-bond donors (Lipinski definition) is 1. The molecule has 9 nitrogen and oxygen atoms in total. The van der Waals surface area contributed by atoms with Crippen molar-refractivity contribution in [1.82, 2.24) is 10.3 Å². The summed E-state index contributed by atoms with van der Waals surface area (Å²) in [5.41, 5.74) is 2.01. The van der Waals surface area contributed by atoms with E-state index in [2.05, 4.69) is 10.3 Å². The number of hydrogen-bond acceptors (Lipinski definition) is 7. The summed E-state index contributed by atoms with van der Waals surface area (Å²) in [4.78, 5) is 30.7. The van der Waals surface area contributed by atoms with Crippen LogP contribution in [-0.4, -0.2) is 43.6 Å². The van der Waals surface area contributed by atoms with Crippen molar-refractivity contribution in [2.75, 3.05) is 17.4 Å². The summed E-state index contributed by atoms with van der Waals surface area (Å²) in [5.74, 6) is -1.84. The van der Waals surface area contributed by atoms with Gasteiger partial charge in [-0.2, -0.15) is 0 Å². The largest absolute Gasteiger partial charge is 0.445 e. The number of carbonyl (C=O) groups excluding carboxylic acids is 2. The molecule has 0 bridgehead atoms. The monoisotopic (exact) mass is 603 g/mol. The molecule has 0 fully saturated rings. The fourth-order valence-corrected chi connectivity index (χ4v) is 7.04. The number of sulfonamides is 1. The average molecular weight is 604 g/mol. The molecule has 1 N–H and O–H groups in total. The van der Waals surface area contributed by atoms with Gasteiger partial charge in [-0.05, 0) is 36.0 Å². The Morgan fingerprint density at radius 1 is 0.930 bits per heavy atom. The van der Waals surface area contributed by atoms with Crippen LogP contribution in [0, 0.1) is 11.8 Å². The predicted octanol–water partition coefficient (Wildman–Crippen LogP) is 6.34. The van der Waals surface area contributed by atoms with Gasteiger partial charge in [-0.3, -0.25) is 9.10 Å². The first-order valence-electron chi connectivity index (χ1n) is 14.3. The molecule has 4 aromatic rings. The number of aromatic nitrogens is 1. The van der Waals surface area contributed by atoms with Gasteiger partial charge in [0.05, 0.1) is 11.9 Å². The first-order valence-corrected chi connectivity index (χ1v) is 15.8. The van der Waals surface area contributed by atoms with Crippen molar-refractivity contribution in [2.45, 2.75) is 39.0 Å². The van der Waals surface area contributed by atoms with Crippen LogP contribution in [0.15, 0.2) is 102 Å². The summed E-state index contributed by atoms with van der Waals surface area (Å²) >= 11 is 0. The molecular formula is C33H37N3O6S. The van der Waals surface area contributed by atoms with Crippen molar-refractivity contribution in [3.8, 4) is 11.3 Å². The Morgan fingerprint density at radius 3 is 2.16 bits per heavy atom. The Morgan fingerprint density at radius 2 is 1.53 bits per heavy atom. The summed E-state index contributed by atoms with van der Waals surface area (Å²) in [5, 5.41) is 1.18. The molecule has 0 aliphatic carbocycles. The number of anilines is 1. The number of amides is 1. The molecule has 43 heavy (non-hydrogen) atoms. The molecule has 1 heterocycles. The zero-order valence-corrected chi connectivity index (χ0v) is 25.4. The van der Waals surface area contributed by atoms with Gasteiger partial charge in [-0.25, -0.2) is 18.2 Å². The number of alkyl carbamates (subject to hydrolysis) is 1. The smallest absolute Gasteiger partial charge is 0.407 e. The molecule has 0 radical (unpaired) electrons. The van der Waals surface area contributed by atoms with Gasteiger partial charge in [0.15, 0.2) is 11.0 Å². The lowest BCUT2D eigenvalue weighted by atomic mass is 9.90. The average Bonchev–Trinajstić information content (AvgIpc) is 3.53. The molecule has 0 aliphatic heterocycles. The van der Waals surface area contributed by atoms with Gasteiger partial charge in [-0.15, -0.1) is 0 Å². The van der Waals surface area contributed by atoms with E-state index in [1.165, 1.54) is 10.5 Å². The van der Waals surface area contributed by atoms with Crippen LogP contribution in [0.2, 0.25) is 0 Å². The van der Waals surface area contributed by atoms with Crippen LogP contribution in [0.25, 0.3) is 11.3 Å². The van der Waals surface area contributed by atoms with E-state index in [9.17, 15) is 18.0 Å². The minimum Gasteiger partial charge on any atom is -0.445 e. The number of nitrogens with zero attached hydrogens (tertiary/aromatic N) is 2. The quantitative estimate of drug-likeness (QED) is 0.167. The highest BCUT2D eigenvalue weighted by atomic mass is 32.2. The molecule has 1 aromatic heterocycles. The fourth-order valence-electron chi connectivity index (χ4n) is 4.73. The van der Waals surface area contributed by atoms with E-state index < -0.39 is 39.0 Å². The summed E-state index contributed by atoms with van der Waals surface area (Å²) in [7, 11) is -4.27. The van der Waals surface area contributed by atoms with E-state index in [0.29, 0.717) is 23.4 Å². The molecule has 1 unspecified atom stereocenters. The Balaban J connectivity index is 1.59. The fraction of sp³-hybridized carbons (Fsp3) is 0.303. The van der Waals surface area contributed by atoms with Crippen LogP contribution < -0.4 is 9.62 Å². The SMILES string of the molecule is CCCN(c1ccccc1)S(=O)(=O)[C@H](C(=O)c1ncc(-c2ccccc2)o1)C(C)[C@@H](C)CNC(=O)OCc1ccccc1. The van der Waals surface area contributed by atoms with Gasteiger partial charge in [0, 0.05) is 18.7 Å². The predicted molar refractivity (Wildman–Crippen MR) is 166 cm³/mol. The summed E-state index contributed by atoms with van der Waals surface area (Å²) in [6.45, 7) is 5.73. The molecule has 1 amide bonds. The Kier molecular flexibility index (Phi) is 10.7. The van der Waals surface area contributed by atoms with Gasteiger partial charge < -0.3 is 14.5 Å². The molecule has 3 atom stereocenters. The Hall–Kier alpha value is -4.44. The lowest BCUT2D eigenvalue weighted by Gasteiger charge is -2.33. The summed E-state index contributed by atoms with van der Waals surface area (Å²) < 4.78 is 41.2. The second kappa shape index (κ2) is 14.6. The molecule has 0 spiro atoms. The van der Waals surface area contributed by atoms with E-state index in [4.69, 9.17) is 9.15 Å². The standard InChI is InChI=1S/C33H37N3O6S/c1-4-20-36(28-18-12-7-13-19-28)43(39,40)31(30(37)32-34-22-29(42-32)27-16-10-6-11-17-27)25(3)24(2)21-35-33(38)41-23-26-14-8-5-9-15-26/h5-19,22,24-25,31H,4,20-21,23H2,1-3H3,(H,35,38)/t24-,25?,31-/m0/s1. The van der Waals surface area contributed by atoms with Crippen LogP contribution >= 0.6 is 0 Å². The number of Topliss-reactive ketones (excluding diaryl/α,β-unsaturated/α-hetero) is 1. The lowest BCUT2D eigenvalue weighted by Crippen LogP contribution is -2.49. The van der Waals surface area contributed by atoms with Crippen LogP contribution in [0.4, 0.5) is 10.5 Å². The van der Waals surface area contributed by atoms with E-state index in [1.54, 1.807) is 44.2 Å². The molecular weight excluding hydrogens is 566 g/mol. The van der Waals surface area contributed by atoms with Gasteiger partial charge in [0.25, 0.3) is 5.89 Å². The van der Waals surface area contributed by atoms with Crippen molar-refractivity contribution in [1.29, 1.82) is 0 Å². The number of rotatable bonds is 14. The first kappa shape index (κ1) is 31.5. The number of ether oxygens (including phenoxy) is 1. The van der Waals surface area contributed by atoms with Crippen LogP contribution in [0.5, 0.6) is 0 Å². The van der Waals surface area contributed by atoms with Gasteiger partial charge in [0.1, 0.15) is 6.61 Å². The minimum absolute atomic E-state index is 0.0913. The zero-order valence-electron chi connectivity index (χ0n) is 24.6. The molecule has 0 aliphatic rings. The molecule has 3 aromatic carbocycles. The Bertz CT molecular complexity index is 1580. The third kappa shape index (κ3) is 7.90. The highest BCUT2D eigenvalue weighted by molar-refractivity contribution is 7.94. The third-order valence-electron chi connectivity index (χ3n) is 7.29. The first-order chi connectivity index (χ1) is 20.7. The number of ketones is 1. The highest BCUT2D eigenvalue weighted by Crippen LogP contribution is 2.31. The van der Waals surface area contributed by atoms with Crippen LogP contribution in [0.3, 0.4) is 0 Å². The van der Waals surface area contributed by atoms with E-state index in [-0.39, 0.29) is 25.6 Å². The lowest BCUT2D eigenvalue weighted by molar-refractivity contribution is 0.0922. The second-order valence-electron chi connectivity index (χ2n) is 10.4. The zero-order chi connectivity index (χ0) is 30.8. The number of para-hydroxylation sites is 1. The normalized spacial score (nSPS) is 13.5. The Labute approximate surface area is 253 Å². The van der Waals surface area contributed by atoms with Gasteiger partial charge in [-0.1, -0.05) is 99.6 Å². The number of oxazole rings is 1. The molecule has 4 rings (SSSR count). The maximum atomic E-state index is 14.4. The summed E-state index contributed by atoms with van der Waals surface area (Å²) in [6.07, 6.45) is 1.32. The van der Waals surface area contributed by atoms with Crippen LogP contribution in [-0.2, 0) is 21.4 Å². The van der Waals surface area contributed by atoms with Crippen LogP contribution in [0.1, 0.15) is 43.4 Å². The van der Waals surface area contributed by atoms with Crippen molar-refractivity contribution in [3.05, 3.63) is 109 Å². The van der Waals surface area contributed by atoms with Crippen molar-refractivity contribution in [3.63, 3.8) is 0 Å². The number of benzene rings is 3. The maximum absolute atomic E-state index is 14.4.